The van der Waals surface area contributed by atoms with E-state index in [9.17, 15) is 0 Å². The van der Waals surface area contributed by atoms with Crippen LogP contribution in [0, 0.1) is 17.3 Å². The van der Waals surface area contributed by atoms with Gasteiger partial charge in [-0.3, -0.25) is 0 Å². The highest BCUT2D eigenvalue weighted by Crippen LogP contribution is 2.39. The lowest BCUT2D eigenvalue weighted by Gasteiger charge is -2.44. The first-order chi connectivity index (χ1) is 6.78. The van der Waals surface area contributed by atoms with Crippen LogP contribution in [0.25, 0.3) is 0 Å². The standard InChI is InChI=1S/C14H29N/c1-11(2)10-15(6)13-7-12(8-13)9-14(3,4)5/h11-13H,7-10H2,1-6H3. The van der Waals surface area contributed by atoms with Crippen molar-refractivity contribution >= 4 is 0 Å². The third kappa shape index (κ3) is 4.55. The Balaban J connectivity index is 2.20. The molecule has 1 fully saturated rings. The van der Waals surface area contributed by atoms with Crippen LogP contribution in [0.1, 0.15) is 53.9 Å². The van der Waals surface area contributed by atoms with E-state index in [1.165, 1.54) is 25.8 Å². The highest BCUT2D eigenvalue weighted by atomic mass is 15.1. The van der Waals surface area contributed by atoms with Gasteiger partial charge in [0.2, 0.25) is 0 Å². The van der Waals surface area contributed by atoms with E-state index in [2.05, 4.69) is 46.6 Å². The molecule has 15 heavy (non-hydrogen) atoms. The molecule has 0 saturated heterocycles. The third-order valence-electron chi connectivity index (χ3n) is 3.39. The Morgan fingerprint density at radius 2 is 1.73 bits per heavy atom. The largest absolute Gasteiger partial charge is 0.303 e. The fourth-order valence-corrected chi connectivity index (χ4v) is 2.82. The van der Waals surface area contributed by atoms with Crippen LogP contribution in [-0.2, 0) is 0 Å². The molecule has 0 atom stereocenters. The maximum Gasteiger partial charge on any atom is 0.00976 e. The first kappa shape index (κ1) is 13.0. The molecule has 1 aliphatic carbocycles. The normalized spacial score (nSPS) is 27.2. The summed E-state index contributed by atoms with van der Waals surface area (Å²) in [6.07, 6.45) is 4.26. The quantitative estimate of drug-likeness (QED) is 0.684. The van der Waals surface area contributed by atoms with Gasteiger partial charge in [-0.1, -0.05) is 34.6 Å². The van der Waals surface area contributed by atoms with Crippen LogP contribution in [0.15, 0.2) is 0 Å². The molecule has 1 nitrogen and oxygen atoms in total. The molecule has 0 radical (unpaired) electrons. The van der Waals surface area contributed by atoms with Crippen LogP contribution in [0.5, 0.6) is 0 Å². The van der Waals surface area contributed by atoms with Crippen LogP contribution in [0.3, 0.4) is 0 Å². The third-order valence-corrected chi connectivity index (χ3v) is 3.39. The summed E-state index contributed by atoms with van der Waals surface area (Å²) in [5, 5.41) is 0. The zero-order chi connectivity index (χ0) is 11.6. The van der Waals surface area contributed by atoms with E-state index in [4.69, 9.17) is 0 Å². The Labute approximate surface area is 96.2 Å². The van der Waals surface area contributed by atoms with Gasteiger partial charge in [0.05, 0.1) is 0 Å². The van der Waals surface area contributed by atoms with Gasteiger partial charge in [0, 0.05) is 12.6 Å². The van der Waals surface area contributed by atoms with E-state index < -0.39 is 0 Å². The zero-order valence-electron chi connectivity index (χ0n) is 11.5. The highest BCUT2D eigenvalue weighted by Gasteiger charge is 2.34. The molecule has 0 spiro atoms. The van der Waals surface area contributed by atoms with E-state index in [1.54, 1.807) is 0 Å². The number of rotatable bonds is 4. The lowest BCUT2D eigenvalue weighted by Crippen LogP contribution is -2.44. The van der Waals surface area contributed by atoms with E-state index in [0.29, 0.717) is 5.41 Å². The first-order valence-electron chi connectivity index (χ1n) is 6.48. The SMILES string of the molecule is CC(C)CN(C)C1CC(CC(C)(C)C)C1. The van der Waals surface area contributed by atoms with Crippen molar-refractivity contribution in [3.8, 4) is 0 Å². The van der Waals surface area contributed by atoms with Gasteiger partial charge in [0.15, 0.2) is 0 Å². The van der Waals surface area contributed by atoms with Gasteiger partial charge in [0.25, 0.3) is 0 Å². The number of nitrogens with zero attached hydrogens (tertiary/aromatic N) is 1. The van der Waals surface area contributed by atoms with Gasteiger partial charge in [-0.15, -0.1) is 0 Å². The Kier molecular flexibility index (Phi) is 4.22. The van der Waals surface area contributed by atoms with Gasteiger partial charge in [-0.05, 0) is 43.6 Å². The summed E-state index contributed by atoms with van der Waals surface area (Å²) in [5.74, 6) is 1.79. The maximum atomic E-state index is 2.56. The Morgan fingerprint density at radius 1 is 1.20 bits per heavy atom. The molecule has 0 heterocycles. The van der Waals surface area contributed by atoms with Crippen molar-refractivity contribution in [3.63, 3.8) is 0 Å². The smallest absolute Gasteiger partial charge is 0.00976 e. The van der Waals surface area contributed by atoms with Crippen LogP contribution >= 0.6 is 0 Å². The van der Waals surface area contributed by atoms with E-state index in [1.807, 2.05) is 0 Å². The van der Waals surface area contributed by atoms with Crippen molar-refractivity contribution in [2.75, 3.05) is 13.6 Å². The van der Waals surface area contributed by atoms with E-state index in [-0.39, 0.29) is 0 Å². The second-order valence-electron chi connectivity index (χ2n) is 7.09. The van der Waals surface area contributed by atoms with Crippen molar-refractivity contribution in [2.45, 2.75) is 59.9 Å². The van der Waals surface area contributed by atoms with E-state index in [0.717, 1.165) is 17.9 Å². The van der Waals surface area contributed by atoms with Crippen molar-refractivity contribution in [2.24, 2.45) is 17.3 Å². The summed E-state index contributed by atoms with van der Waals surface area (Å²) >= 11 is 0. The Bertz CT molecular complexity index is 184. The van der Waals surface area contributed by atoms with Gasteiger partial charge in [-0.2, -0.15) is 0 Å². The molecule has 90 valence electrons. The molecule has 0 bridgehead atoms. The fourth-order valence-electron chi connectivity index (χ4n) is 2.82. The van der Waals surface area contributed by atoms with E-state index >= 15 is 0 Å². The van der Waals surface area contributed by atoms with Crippen molar-refractivity contribution < 1.29 is 0 Å². The lowest BCUT2D eigenvalue weighted by atomic mass is 9.71. The van der Waals surface area contributed by atoms with Gasteiger partial charge < -0.3 is 4.90 Å². The van der Waals surface area contributed by atoms with Gasteiger partial charge in [0.1, 0.15) is 0 Å². The van der Waals surface area contributed by atoms with Crippen molar-refractivity contribution in [1.82, 2.24) is 4.90 Å². The van der Waals surface area contributed by atoms with Crippen molar-refractivity contribution in [3.05, 3.63) is 0 Å². The molecule has 0 unspecified atom stereocenters. The summed E-state index contributed by atoms with van der Waals surface area (Å²) in [5.41, 5.74) is 0.520. The number of hydrogen-bond donors (Lipinski definition) is 0. The lowest BCUT2D eigenvalue weighted by molar-refractivity contribution is 0.0676. The summed E-state index contributed by atoms with van der Waals surface area (Å²) in [6.45, 7) is 12.9. The minimum absolute atomic E-state index is 0.520. The van der Waals surface area contributed by atoms with Crippen LogP contribution < -0.4 is 0 Å². The maximum absolute atomic E-state index is 2.56. The molecular weight excluding hydrogens is 182 g/mol. The molecule has 1 heteroatoms. The fraction of sp³-hybridized carbons (Fsp3) is 1.00. The average Bonchev–Trinajstić information content (AvgIpc) is 1.91. The van der Waals surface area contributed by atoms with Crippen molar-refractivity contribution in [1.29, 1.82) is 0 Å². The molecule has 1 aliphatic rings. The molecule has 0 amide bonds. The predicted octanol–water partition coefficient (Wildman–Crippen LogP) is 3.79. The predicted molar refractivity (Wildman–Crippen MR) is 68.1 cm³/mol. The molecule has 0 aromatic carbocycles. The topological polar surface area (TPSA) is 3.24 Å². The molecule has 0 aromatic rings. The Hall–Kier alpha value is -0.0400. The first-order valence-corrected chi connectivity index (χ1v) is 6.48. The highest BCUT2D eigenvalue weighted by molar-refractivity contribution is 4.88. The Morgan fingerprint density at radius 3 is 2.13 bits per heavy atom. The summed E-state index contributed by atoms with van der Waals surface area (Å²) in [4.78, 5) is 2.56. The minimum Gasteiger partial charge on any atom is -0.303 e. The molecular formula is C14H29N. The van der Waals surface area contributed by atoms with Gasteiger partial charge >= 0.3 is 0 Å². The minimum atomic E-state index is 0.520. The summed E-state index contributed by atoms with van der Waals surface area (Å²) in [7, 11) is 2.29. The van der Waals surface area contributed by atoms with Crippen LogP contribution in [0.4, 0.5) is 0 Å². The zero-order valence-corrected chi connectivity index (χ0v) is 11.5. The van der Waals surface area contributed by atoms with Gasteiger partial charge in [-0.25, -0.2) is 0 Å². The van der Waals surface area contributed by atoms with Crippen LogP contribution in [-0.4, -0.2) is 24.5 Å². The molecule has 0 aliphatic heterocycles. The van der Waals surface area contributed by atoms with Crippen LogP contribution in [0.2, 0.25) is 0 Å². The molecule has 0 aromatic heterocycles. The molecule has 0 N–H and O–H groups in total. The number of hydrogen-bond acceptors (Lipinski definition) is 1. The summed E-state index contributed by atoms with van der Waals surface area (Å²) in [6, 6.07) is 0.875. The monoisotopic (exact) mass is 211 g/mol. The second kappa shape index (κ2) is 4.86. The average molecular weight is 211 g/mol. The second-order valence-corrected chi connectivity index (χ2v) is 7.09. The molecule has 1 rings (SSSR count). The summed E-state index contributed by atoms with van der Waals surface area (Å²) < 4.78 is 0. The molecule has 1 saturated carbocycles.